The van der Waals surface area contributed by atoms with E-state index in [1.807, 2.05) is 6.08 Å². The fraction of sp³-hybridized carbons (Fsp3) is 0.745. The van der Waals surface area contributed by atoms with E-state index in [2.05, 4.69) is 79.9 Å². The predicted molar refractivity (Wildman–Crippen MR) is 249 cm³/mol. The summed E-state index contributed by atoms with van der Waals surface area (Å²) in [4.78, 5) is 13.0. The van der Waals surface area contributed by atoms with Crippen LogP contribution in [0, 0.1) is 0 Å². The molecule has 1 aliphatic rings. The smallest absolute Gasteiger partial charge is 0.220 e. The Bertz CT molecular complexity index is 1160. The molecule has 9 nitrogen and oxygen atoms in total. The molecule has 1 fully saturated rings. The first-order chi connectivity index (χ1) is 29.3. The summed E-state index contributed by atoms with van der Waals surface area (Å²) in [6.07, 6.45) is 48.0. The number of ether oxygens (including phenoxy) is 2. The van der Waals surface area contributed by atoms with Crippen LogP contribution in [0.4, 0.5) is 0 Å². The van der Waals surface area contributed by atoms with E-state index >= 15 is 0 Å². The third-order valence-corrected chi connectivity index (χ3v) is 11.0. The Hall–Kier alpha value is -2.37. The molecule has 9 heteroatoms. The number of nitrogens with one attached hydrogen (secondary N) is 1. The predicted octanol–water partition coefficient (Wildman–Crippen LogP) is 10.6. The van der Waals surface area contributed by atoms with E-state index in [-0.39, 0.29) is 12.5 Å². The summed E-state index contributed by atoms with van der Waals surface area (Å²) in [5.74, 6) is -0.213. The van der Waals surface area contributed by atoms with Gasteiger partial charge in [-0.1, -0.05) is 183 Å². The number of rotatable bonds is 39. The molecule has 7 atom stereocenters. The van der Waals surface area contributed by atoms with Gasteiger partial charge in [-0.3, -0.25) is 4.79 Å². The first-order valence-electron chi connectivity index (χ1n) is 24.2. The van der Waals surface area contributed by atoms with Gasteiger partial charge in [0, 0.05) is 6.42 Å². The lowest BCUT2D eigenvalue weighted by molar-refractivity contribution is -0.302. The van der Waals surface area contributed by atoms with Crippen LogP contribution in [0.25, 0.3) is 0 Å². The minimum Gasteiger partial charge on any atom is -0.394 e. The third-order valence-electron chi connectivity index (χ3n) is 11.0. The number of hydrogen-bond donors (Lipinski definition) is 6. The summed E-state index contributed by atoms with van der Waals surface area (Å²) in [6, 6.07) is -0.838. The Morgan fingerprint density at radius 3 is 1.60 bits per heavy atom. The summed E-state index contributed by atoms with van der Waals surface area (Å²) >= 11 is 0. The normalized spacial score (nSPS) is 21.2. The number of carbonyl (C=O) groups excluding carboxylic acids is 1. The molecule has 1 aliphatic heterocycles. The van der Waals surface area contributed by atoms with Crippen molar-refractivity contribution in [2.75, 3.05) is 13.2 Å². The molecule has 1 amide bonds. The maximum Gasteiger partial charge on any atom is 0.220 e. The van der Waals surface area contributed by atoms with Gasteiger partial charge in [-0.05, 0) is 70.6 Å². The number of unbranched alkanes of at least 4 members (excludes halogenated alkanes) is 19. The maximum atomic E-state index is 13.0. The molecule has 0 aromatic heterocycles. The lowest BCUT2D eigenvalue weighted by Gasteiger charge is -2.40. The zero-order chi connectivity index (χ0) is 43.7. The van der Waals surface area contributed by atoms with Gasteiger partial charge in [-0.25, -0.2) is 0 Å². The van der Waals surface area contributed by atoms with E-state index in [0.717, 1.165) is 77.0 Å². The first kappa shape index (κ1) is 55.6. The Morgan fingerprint density at radius 1 is 0.583 bits per heavy atom. The molecule has 1 saturated heterocycles. The zero-order valence-electron chi connectivity index (χ0n) is 37.9. The van der Waals surface area contributed by atoms with Gasteiger partial charge in [0.15, 0.2) is 6.29 Å². The molecular formula is C51H89NO8. The minimum atomic E-state index is -1.58. The summed E-state index contributed by atoms with van der Waals surface area (Å²) in [6.45, 7) is 3.62. The summed E-state index contributed by atoms with van der Waals surface area (Å²) in [5.41, 5.74) is 0. The highest BCUT2D eigenvalue weighted by atomic mass is 16.7. The second kappa shape index (κ2) is 40.7. The number of aliphatic hydroxyl groups excluding tert-OH is 5. The van der Waals surface area contributed by atoms with Crippen LogP contribution < -0.4 is 5.32 Å². The van der Waals surface area contributed by atoms with Crippen molar-refractivity contribution in [3.8, 4) is 0 Å². The van der Waals surface area contributed by atoms with Crippen molar-refractivity contribution < 1.29 is 39.8 Å². The van der Waals surface area contributed by atoms with Crippen molar-refractivity contribution in [1.82, 2.24) is 5.32 Å². The van der Waals surface area contributed by atoms with Crippen molar-refractivity contribution in [3.05, 3.63) is 72.9 Å². The van der Waals surface area contributed by atoms with Gasteiger partial charge in [-0.2, -0.15) is 0 Å². The summed E-state index contributed by atoms with van der Waals surface area (Å²) in [5, 5.41) is 54.2. The fourth-order valence-corrected chi connectivity index (χ4v) is 7.16. The van der Waals surface area contributed by atoms with Gasteiger partial charge in [-0.15, -0.1) is 0 Å². The first-order valence-corrected chi connectivity index (χ1v) is 24.2. The van der Waals surface area contributed by atoms with Crippen LogP contribution >= 0.6 is 0 Å². The Morgan fingerprint density at radius 2 is 1.05 bits per heavy atom. The SMILES string of the molecule is CC/C=C\C/C=C\C/C=C\C/C=C\CCCCCCC(=O)NC(COC1OC(CO)C(O)C(O)C1O)C(O)/C=C/CC/C=C/CCCCCCCCCCCCCCCC. The second-order valence-corrected chi connectivity index (χ2v) is 16.5. The molecule has 6 N–H and O–H groups in total. The highest BCUT2D eigenvalue weighted by Crippen LogP contribution is 2.22. The van der Waals surface area contributed by atoms with E-state index in [9.17, 15) is 30.3 Å². The minimum absolute atomic E-state index is 0.213. The van der Waals surface area contributed by atoms with Crippen molar-refractivity contribution in [2.24, 2.45) is 0 Å². The Kier molecular flexibility index (Phi) is 37.7. The standard InChI is InChI=1S/C51H89NO8/c1-3-5-7-9-11-13-15-17-19-21-22-23-25-26-28-30-32-34-36-38-40-45(54)44(43-59-51-50(58)49(57)48(56)46(42-53)60-51)52-47(55)41-39-37-35-33-31-29-27-24-20-18-16-14-12-10-8-6-4-2/h6,8,12,14,18,20,27,29-30,32,38,40,44-46,48-51,53-54,56-58H,3-5,7,9-11,13,15-17,19,21-26,28,31,33-37,39,41-43H2,1-2H3,(H,52,55)/b8-6-,14-12-,20-18-,29-27-,32-30+,40-38+. The molecule has 1 heterocycles. The van der Waals surface area contributed by atoms with Gasteiger partial charge in [0.05, 0.1) is 25.4 Å². The molecule has 0 spiro atoms. The molecule has 7 unspecified atom stereocenters. The van der Waals surface area contributed by atoms with Crippen molar-refractivity contribution in [2.45, 2.75) is 230 Å². The lowest BCUT2D eigenvalue weighted by Crippen LogP contribution is -2.60. The highest BCUT2D eigenvalue weighted by Gasteiger charge is 2.44. The monoisotopic (exact) mass is 844 g/mol. The van der Waals surface area contributed by atoms with Gasteiger partial charge >= 0.3 is 0 Å². The van der Waals surface area contributed by atoms with Gasteiger partial charge in [0.25, 0.3) is 0 Å². The quantitative estimate of drug-likeness (QED) is 0.0265. The number of amides is 1. The second-order valence-electron chi connectivity index (χ2n) is 16.5. The van der Waals surface area contributed by atoms with Crippen molar-refractivity contribution in [1.29, 1.82) is 0 Å². The molecule has 0 aromatic carbocycles. The van der Waals surface area contributed by atoms with E-state index in [1.54, 1.807) is 6.08 Å². The number of hydrogen-bond acceptors (Lipinski definition) is 8. The average molecular weight is 844 g/mol. The van der Waals surface area contributed by atoms with E-state index in [1.165, 1.54) is 89.9 Å². The number of aliphatic hydroxyl groups is 5. The number of carbonyl (C=O) groups is 1. The molecule has 0 aliphatic carbocycles. The molecule has 0 bridgehead atoms. The lowest BCUT2D eigenvalue weighted by atomic mass is 9.99. The molecular weight excluding hydrogens is 755 g/mol. The molecule has 0 radical (unpaired) electrons. The van der Waals surface area contributed by atoms with Crippen LogP contribution in [-0.4, -0.2) is 87.5 Å². The van der Waals surface area contributed by atoms with Crippen LogP contribution in [0.15, 0.2) is 72.9 Å². The van der Waals surface area contributed by atoms with Gasteiger partial charge < -0.3 is 40.3 Å². The Balaban J connectivity index is 2.38. The maximum absolute atomic E-state index is 13.0. The van der Waals surface area contributed by atoms with E-state index in [0.29, 0.717) is 6.42 Å². The van der Waals surface area contributed by atoms with Crippen LogP contribution in [-0.2, 0) is 14.3 Å². The molecule has 0 aromatic rings. The fourth-order valence-electron chi connectivity index (χ4n) is 7.16. The largest absolute Gasteiger partial charge is 0.394 e. The molecule has 60 heavy (non-hydrogen) atoms. The summed E-state index contributed by atoms with van der Waals surface area (Å²) in [7, 11) is 0. The molecule has 1 rings (SSSR count). The van der Waals surface area contributed by atoms with Crippen molar-refractivity contribution in [3.63, 3.8) is 0 Å². The third kappa shape index (κ3) is 30.6. The van der Waals surface area contributed by atoms with Gasteiger partial charge in [0.2, 0.25) is 5.91 Å². The van der Waals surface area contributed by atoms with E-state index in [4.69, 9.17) is 9.47 Å². The van der Waals surface area contributed by atoms with Crippen LogP contribution in [0.1, 0.15) is 187 Å². The Labute approximate surface area is 366 Å². The van der Waals surface area contributed by atoms with E-state index < -0.39 is 49.5 Å². The van der Waals surface area contributed by atoms with Crippen LogP contribution in [0.2, 0.25) is 0 Å². The zero-order valence-corrected chi connectivity index (χ0v) is 37.9. The highest BCUT2D eigenvalue weighted by molar-refractivity contribution is 5.76. The molecule has 346 valence electrons. The van der Waals surface area contributed by atoms with Crippen molar-refractivity contribution >= 4 is 5.91 Å². The molecule has 0 saturated carbocycles. The average Bonchev–Trinajstić information content (AvgIpc) is 3.25. The van der Waals surface area contributed by atoms with Gasteiger partial charge in [0.1, 0.15) is 24.4 Å². The summed E-state index contributed by atoms with van der Waals surface area (Å²) < 4.78 is 11.2. The van der Waals surface area contributed by atoms with Crippen LogP contribution in [0.3, 0.4) is 0 Å². The topological polar surface area (TPSA) is 149 Å². The van der Waals surface area contributed by atoms with Crippen LogP contribution in [0.5, 0.6) is 0 Å². The number of allylic oxidation sites excluding steroid dienone is 11.